The van der Waals surface area contributed by atoms with Crippen LogP contribution in [0.1, 0.15) is 45.1 Å². The first-order valence-electron chi connectivity index (χ1n) is 14.9. The largest absolute Gasteiger partial charge is 0.480 e. The third-order valence-electron chi connectivity index (χ3n) is 7.39. The summed E-state index contributed by atoms with van der Waals surface area (Å²) in [5.74, 6) is -8.39. The first-order chi connectivity index (χ1) is 22.5. The lowest BCUT2D eigenvalue weighted by Gasteiger charge is -2.32. The Morgan fingerprint density at radius 3 is 1.83 bits per heavy atom. The molecule has 0 fully saturated rings. The standard InChI is InChI=1S/C29H41N9O10/c1-3-15(2)38-13-24(42)37(14-25(43)44)9-8-16-6-4-5-7-17(16)33-26(45)18(10-21(30)39)34-27(46)19(11-22(31)40)35-28(47)20(12-23(32)41)36-29(38)48/h4-7,15,18-20H,3,8-14H2,1-2H3,(H2,30,39)(H2,31,40)(H2,32,41)(H,33,45)(H,34,46)(H,35,47)(H,36,48)(H,43,44)/t15-,18?,19+,20?/m1/s1. The molecule has 48 heavy (non-hydrogen) atoms. The first kappa shape index (κ1) is 38.4. The van der Waals surface area contributed by atoms with Gasteiger partial charge in [0.1, 0.15) is 31.2 Å². The second kappa shape index (κ2) is 17.8. The Morgan fingerprint density at radius 1 is 0.833 bits per heavy atom. The second-order valence-electron chi connectivity index (χ2n) is 11.1. The molecule has 0 radical (unpaired) electrons. The topological polar surface area (TPSA) is 307 Å². The predicted molar refractivity (Wildman–Crippen MR) is 167 cm³/mol. The molecular formula is C29H41N9O10. The van der Waals surface area contributed by atoms with Crippen LogP contribution in [0.25, 0.3) is 0 Å². The molecule has 0 saturated carbocycles. The van der Waals surface area contributed by atoms with E-state index < -0.39 is 110 Å². The lowest BCUT2D eigenvalue weighted by Crippen LogP contribution is -2.59. The van der Waals surface area contributed by atoms with Gasteiger partial charge in [0.05, 0.1) is 19.3 Å². The van der Waals surface area contributed by atoms with E-state index in [9.17, 15) is 48.3 Å². The Morgan fingerprint density at radius 2 is 1.33 bits per heavy atom. The van der Waals surface area contributed by atoms with Gasteiger partial charge in [-0.3, -0.25) is 38.4 Å². The minimum absolute atomic E-state index is 0.0254. The highest BCUT2D eigenvalue weighted by molar-refractivity contribution is 6.02. The molecule has 0 spiro atoms. The molecule has 262 valence electrons. The van der Waals surface area contributed by atoms with Gasteiger partial charge in [0.2, 0.25) is 41.4 Å². The Labute approximate surface area is 275 Å². The third-order valence-corrected chi connectivity index (χ3v) is 7.39. The van der Waals surface area contributed by atoms with Crippen LogP contribution in [-0.4, -0.2) is 112 Å². The van der Waals surface area contributed by atoms with E-state index in [0.29, 0.717) is 12.0 Å². The maximum absolute atomic E-state index is 13.5. The zero-order valence-electron chi connectivity index (χ0n) is 26.5. The van der Waals surface area contributed by atoms with Gasteiger partial charge < -0.3 is 53.4 Å². The first-order valence-corrected chi connectivity index (χ1v) is 14.9. The Balaban J connectivity index is 2.67. The fraction of sp³-hybridized carbons (Fsp3) is 0.483. The number of carbonyl (C=O) groups is 9. The number of primary amides is 3. The molecule has 11 N–H and O–H groups in total. The van der Waals surface area contributed by atoms with Crippen molar-refractivity contribution in [2.75, 3.05) is 25.0 Å². The molecule has 2 unspecified atom stereocenters. The number of hydrogen-bond donors (Lipinski definition) is 8. The van der Waals surface area contributed by atoms with Crippen molar-refractivity contribution in [1.82, 2.24) is 25.8 Å². The molecule has 9 amide bonds. The van der Waals surface area contributed by atoms with E-state index in [-0.39, 0.29) is 18.7 Å². The molecule has 0 saturated heterocycles. The van der Waals surface area contributed by atoms with Gasteiger partial charge in [0.15, 0.2) is 0 Å². The summed E-state index contributed by atoms with van der Waals surface area (Å²) in [5.41, 5.74) is 16.5. The molecule has 4 atom stereocenters. The van der Waals surface area contributed by atoms with Crippen molar-refractivity contribution in [1.29, 1.82) is 0 Å². The van der Waals surface area contributed by atoms with Crippen LogP contribution in [0.15, 0.2) is 24.3 Å². The van der Waals surface area contributed by atoms with Crippen LogP contribution in [0.3, 0.4) is 0 Å². The molecule has 1 aromatic rings. The fourth-order valence-corrected chi connectivity index (χ4v) is 4.69. The molecule has 1 aromatic carbocycles. The van der Waals surface area contributed by atoms with Crippen molar-refractivity contribution in [3.05, 3.63) is 29.8 Å². The van der Waals surface area contributed by atoms with Gasteiger partial charge in [0.25, 0.3) is 0 Å². The number of nitrogens with one attached hydrogen (secondary N) is 4. The van der Waals surface area contributed by atoms with Gasteiger partial charge in [-0.1, -0.05) is 25.1 Å². The van der Waals surface area contributed by atoms with E-state index in [1.807, 2.05) is 0 Å². The summed E-state index contributed by atoms with van der Waals surface area (Å²) in [6, 6.07) is -0.434. The number of nitrogens with zero attached hydrogens (tertiary/aromatic N) is 2. The predicted octanol–water partition coefficient (Wildman–Crippen LogP) is -3.13. The van der Waals surface area contributed by atoms with E-state index in [2.05, 4.69) is 21.3 Å². The van der Waals surface area contributed by atoms with E-state index in [4.69, 9.17) is 17.2 Å². The number of rotatable bonds is 10. The van der Waals surface area contributed by atoms with Crippen molar-refractivity contribution in [3.63, 3.8) is 0 Å². The van der Waals surface area contributed by atoms with Crippen molar-refractivity contribution < 1.29 is 48.3 Å². The van der Waals surface area contributed by atoms with Gasteiger partial charge in [-0.25, -0.2) is 4.79 Å². The lowest BCUT2D eigenvalue weighted by molar-refractivity contribution is -0.144. The van der Waals surface area contributed by atoms with Crippen LogP contribution < -0.4 is 38.5 Å². The fourth-order valence-electron chi connectivity index (χ4n) is 4.69. The highest BCUT2D eigenvalue weighted by Crippen LogP contribution is 2.18. The summed E-state index contributed by atoms with van der Waals surface area (Å²) in [4.78, 5) is 116. The molecule has 1 aliphatic heterocycles. The number of nitrogens with two attached hydrogens (primary N) is 3. The minimum Gasteiger partial charge on any atom is -0.480 e. The second-order valence-corrected chi connectivity index (χ2v) is 11.1. The molecule has 19 heteroatoms. The number of carboxylic acid groups (broad SMARTS) is 1. The van der Waals surface area contributed by atoms with Gasteiger partial charge in [-0.05, 0) is 31.4 Å². The number of carbonyl (C=O) groups excluding carboxylic acids is 8. The van der Waals surface area contributed by atoms with E-state index in [0.717, 1.165) is 9.80 Å². The molecule has 19 nitrogen and oxygen atoms in total. The Kier molecular flexibility index (Phi) is 14.3. The summed E-state index contributed by atoms with van der Waals surface area (Å²) < 4.78 is 0. The highest BCUT2D eigenvalue weighted by atomic mass is 16.4. The molecule has 1 heterocycles. The van der Waals surface area contributed by atoms with Crippen LogP contribution in [0.2, 0.25) is 0 Å². The zero-order chi connectivity index (χ0) is 36.1. The SMILES string of the molecule is CC[C@@H](C)N1CC(=O)N(CC(=O)O)CCc2ccccc2NC(=O)C(CC(N)=O)NC(=O)[C@H](CC(N)=O)NC(=O)C(CC(N)=O)NC1=O. The quantitative estimate of drug-likeness (QED) is 0.123. The van der Waals surface area contributed by atoms with Crippen LogP contribution in [0.5, 0.6) is 0 Å². The van der Waals surface area contributed by atoms with Crippen LogP contribution in [-0.2, 0) is 44.8 Å². The number of urea groups is 1. The maximum Gasteiger partial charge on any atom is 0.323 e. The highest BCUT2D eigenvalue weighted by Gasteiger charge is 2.34. The van der Waals surface area contributed by atoms with Crippen molar-refractivity contribution in [3.8, 4) is 0 Å². The molecule has 0 aromatic heterocycles. The van der Waals surface area contributed by atoms with Gasteiger partial charge in [0, 0.05) is 18.3 Å². The number of anilines is 1. The molecule has 0 aliphatic carbocycles. The number of hydrogen-bond acceptors (Lipinski definition) is 9. The number of amides is 9. The van der Waals surface area contributed by atoms with E-state index in [1.165, 1.54) is 6.07 Å². The minimum atomic E-state index is -1.75. The Bertz CT molecular complexity index is 1440. The number of benzene rings is 1. The summed E-state index contributed by atoms with van der Waals surface area (Å²) >= 11 is 0. The number of aliphatic carboxylic acids is 1. The van der Waals surface area contributed by atoms with Gasteiger partial charge >= 0.3 is 12.0 Å². The molecule has 1 aliphatic rings. The van der Waals surface area contributed by atoms with E-state index >= 15 is 0 Å². The van der Waals surface area contributed by atoms with Crippen LogP contribution in [0.4, 0.5) is 10.5 Å². The zero-order valence-corrected chi connectivity index (χ0v) is 26.5. The summed E-state index contributed by atoms with van der Waals surface area (Å²) in [6.45, 7) is 1.78. The summed E-state index contributed by atoms with van der Waals surface area (Å²) in [5, 5.41) is 18.9. The molecule has 0 bridgehead atoms. The maximum atomic E-state index is 13.5. The average Bonchev–Trinajstić information content (AvgIpc) is 2.99. The molecular weight excluding hydrogens is 634 g/mol. The third kappa shape index (κ3) is 11.9. The van der Waals surface area contributed by atoms with E-state index in [1.54, 1.807) is 32.0 Å². The van der Waals surface area contributed by atoms with Crippen molar-refractivity contribution in [2.45, 2.75) is 70.1 Å². The smallest absolute Gasteiger partial charge is 0.323 e. The summed E-state index contributed by atoms with van der Waals surface area (Å²) in [7, 11) is 0. The molecule has 2 rings (SSSR count). The van der Waals surface area contributed by atoms with Crippen LogP contribution >= 0.6 is 0 Å². The van der Waals surface area contributed by atoms with Crippen molar-refractivity contribution in [2.24, 2.45) is 17.2 Å². The Hall–Kier alpha value is -5.75. The van der Waals surface area contributed by atoms with Gasteiger partial charge in [-0.2, -0.15) is 0 Å². The number of para-hydroxylation sites is 1. The lowest BCUT2D eigenvalue weighted by atomic mass is 10.1. The van der Waals surface area contributed by atoms with Crippen molar-refractivity contribution >= 4 is 59.0 Å². The van der Waals surface area contributed by atoms with Gasteiger partial charge in [-0.15, -0.1) is 0 Å². The number of carboxylic acids is 1. The summed E-state index contributed by atoms with van der Waals surface area (Å²) in [6.07, 6.45) is -1.93. The number of fused-ring (bicyclic) bond motifs is 1. The normalized spacial score (nSPS) is 20.8. The average molecular weight is 676 g/mol. The van der Waals surface area contributed by atoms with Crippen LogP contribution in [0, 0.1) is 0 Å². The monoisotopic (exact) mass is 675 g/mol.